The maximum absolute atomic E-state index is 11.5. The molecule has 5 nitrogen and oxygen atoms in total. The first-order chi connectivity index (χ1) is 8.49. The predicted octanol–water partition coefficient (Wildman–Crippen LogP) is 1.42. The zero-order valence-corrected chi connectivity index (χ0v) is 11.1. The number of carboxylic acids is 1. The molecular weight excluding hydrogens is 234 g/mol. The minimum absolute atomic E-state index is 0.231. The van der Waals surface area contributed by atoms with Crippen molar-refractivity contribution >= 4 is 11.9 Å². The van der Waals surface area contributed by atoms with Gasteiger partial charge in [-0.15, -0.1) is 0 Å². The molecule has 2 N–H and O–H groups in total. The molecule has 1 aliphatic carbocycles. The van der Waals surface area contributed by atoms with E-state index in [1.165, 1.54) is 12.8 Å². The fourth-order valence-electron chi connectivity index (χ4n) is 1.66. The highest BCUT2D eigenvalue weighted by molar-refractivity contribution is 5.83. The molecule has 1 aliphatic rings. The molecule has 1 fully saturated rings. The summed E-state index contributed by atoms with van der Waals surface area (Å²) in [4.78, 5) is 22.5. The van der Waals surface area contributed by atoms with E-state index in [2.05, 4.69) is 5.32 Å². The molecule has 0 heterocycles. The van der Waals surface area contributed by atoms with Gasteiger partial charge in [-0.3, -0.25) is 4.79 Å². The van der Waals surface area contributed by atoms with E-state index >= 15 is 0 Å². The first-order valence-electron chi connectivity index (χ1n) is 6.59. The minimum atomic E-state index is -0.976. The van der Waals surface area contributed by atoms with Gasteiger partial charge in [0.2, 0.25) is 5.91 Å². The van der Waals surface area contributed by atoms with Gasteiger partial charge in [0.15, 0.2) is 0 Å². The lowest BCUT2D eigenvalue weighted by Crippen LogP contribution is -2.41. The van der Waals surface area contributed by atoms with Crippen molar-refractivity contribution in [2.24, 2.45) is 11.8 Å². The third-order valence-corrected chi connectivity index (χ3v) is 2.86. The molecule has 0 saturated heterocycles. The van der Waals surface area contributed by atoms with Crippen molar-refractivity contribution < 1.29 is 19.4 Å². The Hall–Kier alpha value is -1.10. The summed E-state index contributed by atoms with van der Waals surface area (Å²) in [6.45, 7) is 4.96. The Kier molecular flexibility index (Phi) is 6.12. The van der Waals surface area contributed by atoms with Crippen molar-refractivity contribution in [2.75, 3.05) is 13.2 Å². The maximum Gasteiger partial charge on any atom is 0.326 e. The fraction of sp³-hybridized carbons (Fsp3) is 0.846. The van der Waals surface area contributed by atoms with Crippen LogP contribution in [0.1, 0.15) is 39.5 Å². The Labute approximate surface area is 108 Å². The summed E-state index contributed by atoms with van der Waals surface area (Å²) >= 11 is 0. The largest absolute Gasteiger partial charge is 0.480 e. The monoisotopic (exact) mass is 257 g/mol. The highest BCUT2D eigenvalue weighted by atomic mass is 16.5. The number of hydrogen-bond acceptors (Lipinski definition) is 3. The average Bonchev–Trinajstić information content (AvgIpc) is 3.06. The van der Waals surface area contributed by atoms with Gasteiger partial charge in [0.25, 0.3) is 0 Å². The van der Waals surface area contributed by atoms with Crippen LogP contribution in [0.5, 0.6) is 0 Å². The number of carbonyl (C=O) groups is 2. The van der Waals surface area contributed by atoms with Crippen LogP contribution in [0.25, 0.3) is 0 Å². The van der Waals surface area contributed by atoms with E-state index < -0.39 is 12.0 Å². The third-order valence-electron chi connectivity index (χ3n) is 2.86. The van der Waals surface area contributed by atoms with Crippen LogP contribution < -0.4 is 5.32 Å². The molecule has 0 aromatic carbocycles. The standard InChI is InChI=1S/C13H23NO4/c1-9(2)7-11(13(16)17)14-12(15)5-6-18-8-10-3-4-10/h9-11H,3-8H2,1-2H3,(H,14,15)(H,16,17). The SMILES string of the molecule is CC(C)CC(NC(=O)CCOCC1CC1)C(=O)O. The Morgan fingerprint density at radius 2 is 2.06 bits per heavy atom. The second-order valence-electron chi connectivity index (χ2n) is 5.36. The van der Waals surface area contributed by atoms with Crippen LogP contribution in [0.4, 0.5) is 0 Å². The molecule has 18 heavy (non-hydrogen) atoms. The lowest BCUT2D eigenvalue weighted by Gasteiger charge is -2.16. The van der Waals surface area contributed by atoms with E-state index in [1.807, 2.05) is 13.8 Å². The molecule has 0 aromatic heterocycles. The molecule has 1 rings (SSSR count). The molecule has 0 bridgehead atoms. The van der Waals surface area contributed by atoms with Crippen LogP contribution in [-0.4, -0.2) is 36.2 Å². The number of rotatable bonds is 9. The smallest absolute Gasteiger partial charge is 0.326 e. The predicted molar refractivity (Wildman–Crippen MR) is 67.2 cm³/mol. The number of carboxylic acid groups (broad SMARTS) is 1. The topological polar surface area (TPSA) is 75.6 Å². The van der Waals surface area contributed by atoms with Crippen molar-refractivity contribution in [3.63, 3.8) is 0 Å². The van der Waals surface area contributed by atoms with E-state index in [0.717, 1.165) is 6.61 Å². The van der Waals surface area contributed by atoms with Crippen LogP contribution in [0.15, 0.2) is 0 Å². The molecule has 1 saturated carbocycles. The summed E-state index contributed by atoms with van der Waals surface area (Å²) in [5.74, 6) is -0.312. The molecule has 1 amide bonds. The van der Waals surface area contributed by atoms with E-state index in [-0.39, 0.29) is 18.2 Å². The number of hydrogen-bond donors (Lipinski definition) is 2. The molecule has 0 aliphatic heterocycles. The summed E-state index contributed by atoms with van der Waals surface area (Å²) in [6, 6.07) is -0.791. The van der Waals surface area contributed by atoms with Crippen molar-refractivity contribution in [1.82, 2.24) is 5.32 Å². The number of amides is 1. The van der Waals surface area contributed by atoms with Crippen LogP contribution in [0.3, 0.4) is 0 Å². The Morgan fingerprint density at radius 3 is 2.56 bits per heavy atom. The second-order valence-corrected chi connectivity index (χ2v) is 5.36. The first kappa shape index (κ1) is 15.0. The van der Waals surface area contributed by atoms with E-state index in [0.29, 0.717) is 18.9 Å². The van der Waals surface area contributed by atoms with Gasteiger partial charge >= 0.3 is 5.97 Å². The summed E-state index contributed by atoms with van der Waals surface area (Å²) in [5.41, 5.74) is 0. The molecule has 0 aromatic rings. The number of aliphatic carboxylic acids is 1. The highest BCUT2D eigenvalue weighted by Gasteiger charge is 2.22. The third kappa shape index (κ3) is 6.59. The van der Waals surface area contributed by atoms with Crippen molar-refractivity contribution in [3.8, 4) is 0 Å². The lowest BCUT2D eigenvalue weighted by molar-refractivity contribution is -0.142. The van der Waals surface area contributed by atoms with Gasteiger partial charge in [-0.2, -0.15) is 0 Å². The molecule has 104 valence electrons. The van der Waals surface area contributed by atoms with Crippen LogP contribution >= 0.6 is 0 Å². The van der Waals surface area contributed by atoms with Crippen LogP contribution in [-0.2, 0) is 14.3 Å². The maximum atomic E-state index is 11.5. The van der Waals surface area contributed by atoms with Gasteiger partial charge in [-0.05, 0) is 31.1 Å². The quantitative estimate of drug-likeness (QED) is 0.612. The van der Waals surface area contributed by atoms with Gasteiger partial charge in [0.1, 0.15) is 6.04 Å². The van der Waals surface area contributed by atoms with E-state index in [9.17, 15) is 9.59 Å². The van der Waals surface area contributed by atoms with Gasteiger partial charge in [-0.1, -0.05) is 13.8 Å². The highest BCUT2D eigenvalue weighted by Crippen LogP contribution is 2.28. The zero-order valence-electron chi connectivity index (χ0n) is 11.1. The Balaban J connectivity index is 2.15. The van der Waals surface area contributed by atoms with Crippen molar-refractivity contribution in [3.05, 3.63) is 0 Å². The number of carbonyl (C=O) groups excluding carboxylic acids is 1. The molecular formula is C13H23NO4. The number of ether oxygens (including phenoxy) is 1. The van der Waals surface area contributed by atoms with Gasteiger partial charge in [-0.25, -0.2) is 4.79 Å². The summed E-state index contributed by atoms with van der Waals surface area (Å²) < 4.78 is 5.34. The lowest BCUT2D eigenvalue weighted by atomic mass is 10.0. The van der Waals surface area contributed by atoms with Crippen molar-refractivity contribution in [1.29, 1.82) is 0 Å². The van der Waals surface area contributed by atoms with Gasteiger partial charge < -0.3 is 15.2 Å². The second kappa shape index (κ2) is 7.36. The summed E-state index contributed by atoms with van der Waals surface area (Å²) in [6.07, 6.45) is 3.13. The normalized spacial score (nSPS) is 16.6. The number of nitrogens with one attached hydrogen (secondary N) is 1. The average molecular weight is 257 g/mol. The molecule has 5 heteroatoms. The zero-order chi connectivity index (χ0) is 13.5. The van der Waals surface area contributed by atoms with Crippen LogP contribution in [0.2, 0.25) is 0 Å². The summed E-state index contributed by atoms with van der Waals surface area (Å²) in [5, 5.41) is 11.5. The first-order valence-corrected chi connectivity index (χ1v) is 6.59. The van der Waals surface area contributed by atoms with Gasteiger partial charge in [0, 0.05) is 13.0 Å². The Morgan fingerprint density at radius 1 is 1.39 bits per heavy atom. The van der Waals surface area contributed by atoms with E-state index in [4.69, 9.17) is 9.84 Å². The Bertz CT molecular complexity index is 287. The van der Waals surface area contributed by atoms with E-state index in [1.54, 1.807) is 0 Å². The van der Waals surface area contributed by atoms with Crippen molar-refractivity contribution in [2.45, 2.75) is 45.6 Å². The molecule has 1 atom stereocenters. The van der Waals surface area contributed by atoms with Gasteiger partial charge in [0.05, 0.1) is 6.61 Å². The summed E-state index contributed by atoms with van der Waals surface area (Å²) in [7, 11) is 0. The molecule has 1 unspecified atom stereocenters. The van der Waals surface area contributed by atoms with Crippen LogP contribution in [0, 0.1) is 11.8 Å². The minimum Gasteiger partial charge on any atom is -0.480 e. The molecule has 0 radical (unpaired) electrons. The fourth-order valence-corrected chi connectivity index (χ4v) is 1.66. The molecule has 0 spiro atoms.